The Bertz CT molecular complexity index is 627. The minimum absolute atomic E-state index is 0.426. The summed E-state index contributed by atoms with van der Waals surface area (Å²) >= 11 is 0. The van der Waals surface area contributed by atoms with Crippen molar-refractivity contribution >= 4 is 11.8 Å². The lowest BCUT2D eigenvalue weighted by Gasteiger charge is -2.25. The molecular weight excluding hydrogens is 322 g/mol. The van der Waals surface area contributed by atoms with Crippen molar-refractivity contribution in [1.82, 2.24) is 15.3 Å². The summed E-state index contributed by atoms with van der Waals surface area (Å²) in [6, 6.07) is 2.35. The van der Waals surface area contributed by atoms with Gasteiger partial charge in [0.2, 0.25) is 0 Å². The third-order valence-corrected chi connectivity index (χ3v) is 5.85. The van der Waals surface area contributed by atoms with Crippen molar-refractivity contribution in [3.63, 3.8) is 0 Å². The van der Waals surface area contributed by atoms with E-state index in [1.807, 2.05) is 19.3 Å². The maximum absolute atomic E-state index is 7.86. The molecular formula is C21H33N5. The molecule has 2 aliphatic rings. The van der Waals surface area contributed by atoms with Crippen molar-refractivity contribution in [3.05, 3.63) is 29.5 Å². The monoisotopic (exact) mass is 355 g/mol. The van der Waals surface area contributed by atoms with Crippen LogP contribution in [0.3, 0.4) is 0 Å². The molecule has 0 bridgehead atoms. The van der Waals surface area contributed by atoms with Gasteiger partial charge in [-0.3, -0.25) is 0 Å². The van der Waals surface area contributed by atoms with E-state index in [1.165, 1.54) is 51.2 Å². The van der Waals surface area contributed by atoms with Crippen molar-refractivity contribution in [2.75, 3.05) is 7.05 Å². The Hall–Kier alpha value is -1.75. The van der Waals surface area contributed by atoms with Gasteiger partial charge in [0.1, 0.15) is 5.82 Å². The maximum atomic E-state index is 7.86. The lowest BCUT2D eigenvalue weighted by Crippen LogP contribution is -2.26. The van der Waals surface area contributed by atoms with Gasteiger partial charge in [-0.2, -0.15) is 0 Å². The first kappa shape index (κ1) is 19.0. The zero-order valence-electron chi connectivity index (χ0n) is 16.0. The Morgan fingerprint density at radius 3 is 2.62 bits per heavy atom. The number of aromatic nitrogens is 2. The summed E-state index contributed by atoms with van der Waals surface area (Å²) in [5.74, 6) is 2.50. The fourth-order valence-corrected chi connectivity index (χ4v) is 3.97. The Morgan fingerprint density at radius 1 is 1.23 bits per heavy atom. The molecule has 0 saturated heterocycles. The maximum Gasteiger partial charge on any atom is 0.128 e. The first-order chi connectivity index (χ1) is 12.7. The zero-order valence-corrected chi connectivity index (χ0v) is 16.0. The SMILES string of the molecule is CN/C(CC1CC1)=C(\C=N)c1ccnc(CCC[C@H]2CC[C@H](N)CC2)n1. The van der Waals surface area contributed by atoms with Gasteiger partial charge >= 0.3 is 0 Å². The Labute approximate surface area is 157 Å². The van der Waals surface area contributed by atoms with Crippen LogP contribution in [-0.2, 0) is 6.42 Å². The van der Waals surface area contributed by atoms with Crippen LogP contribution in [0.1, 0.15) is 69.3 Å². The second-order valence-electron chi connectivity index (χ2n) is 7.97. The molecule has 1 heterocycles. The second-order valence-corrected chi connectivity index (χ2v) is 7.97. The van der Waals surface area contributed by atoms with Gasteiger partial charge in [0.25, 0.3) is 0 Å². The summed E-state index contributed by atoms with van der Waals surface area (Å²) in [6.07, 6.45) is 15.1. The second kappa shape index (κ2) is 9.26. The van der Waals surface area contributed by atoms with Crippen LogP contribution in [0.5, 0.6) is 0 Å². The highest BCUT2D eigenvalue weighted by Gasteiger charge is 2.24. The van der Waals surface area contributed by atoms with Gasteiger partial charge < -0.3 is 16.5 Å². The summed E-state index contributed by atoms with van der Waals surface area (Å²) < 4.78 is 0. The van der Waals surface area contributed by atoms with Crippen LogP contribution in [0.15, 0.2) is 18.0 Å². The van der Waals surface area contributed by atoms with Crippen molar-refractivity contribution in [1.29, 1.82) is 5.41 Å². The molecule has 26 heavy (non-hydrogen) atoms. The number of hydrogen-bond acceptors (Lipinski definition) is 5. The number of rotatable bonds is 9. The lowest BCUT2D eigenvalue weighted by atomic mass is 9.83. The Morgan fingerprint density at radius 2 is 1.96 bits per heavy atom. The lowest BCUT2D eigenvalue weighted by molar-refractivity contribution is 0.305. The molecule has 0 atom stereocenters. The fourth-order valence-electron chi connectivity index (χ4n) is 3.97. The molecule has 5 nitrogen and oxygen atoms in total. The van der Waals surface area contributed by atoms with Crippen LogP contribution >= 0.6 is 0 Å². The van der Waals surface area contributed by atoms with Gasteiger partial charge in [0, 0.05) is 43.2 Å². The molecule has 2 saturated carbocycles. The van der Waals surface area contributed by atoms with E-state index >= 15 is 0 Å². The van der Waals surface area contributed by atoms with Gasteiger partial charge in [0.15, 0.2) is 0 Å². The van der Waals surface area contributed by atoms with Crippen LogP contribution in [0.4, 0.5) is 0 Å². The minimum Gasteiger partial charge on any atom is -0.391 e. The van der Waals surface area contributed by atoms with Crippen LogP contribution in [0, 0.1) is 17.2 Å². The van der Waals surface area contributed by atoms with E-state index in [2.05, 4.69) is 10.3 Å². The average Bonchev–Trinajstić information content (AvgIpc) is 3.48. The Kier molecular flexibility index (Phi) is 6.78. The molecule has 4 N–H and O–H groups in total. The number of nitrogens with two attached hydrogens (primary N) is 1. The first-order valence-electron chi connectivity index (χ1n) is 10.2. The molecule has 0 amide bonds. The highest BCUT2D eigenvalue weighted by atomic mass is 14.9. The number of hydrogen-bond donors (Lipinski definition) is 3. The zero-order chi connectivity index (χ0) is 18.4. The molecule has 2 fully saturated rings. The number of nitrogens with zero attached hydrogens (tertiary/aromatic N) is 2. The summed E-state index contributed by atoms with van der Waals surface area (Å²) in [6.45, 7) is 0. The third kappa shape index (κ3) is 5.37. The smallest absolute Gasteiger partial charge is 0.128 e. The number of aryl methyl sites for hydroxylation is 1. The molecule has 3 rings (SSSR count). The molecule has 5 heteroatoms. The van der Waals surface area contributed by atoms with E-state index < -0.39 is 0 Å². The molecule has 0 aromatic carbocycles. The van der Waals surface area contributed by atoms with Crippen molar-refractivity contribution in [3.8, 4) is 0 Å². The van der Waals surface area contributed by atoms with Gasteiger partial charge in [0.05, 0.1) is 5.69 Å². The molecule has 1 aromatic rings. The van der Waals surface area contributed by atoms with E-state index in [1.54, 1.807) is 0 Å². The largest absolute Gasteiger partial charge is 0.391 e. The van der Waals surface area contributed by atoms with E-state index in [4.69, 9.17) is 16.1 Å². The highest BCUT2D eigenvalue weighted by molar-refractivity contribution is 6.08. The molecule has 2 aliphatic carbocycles. The van der Waals surface area contributed by atoms with Crippen molar-refractivity contribution < 1.29 is 0 Å². The predicted octanol–water partition coefficient (Wildman–Crippen LogP) is 3.70. The van der Waals surface area contributed by atoms with Crippen molar-refractivity contribution in [2.45, 2.75) is 70.3 Å². The molecule has 1 aromatic heterocycles. The van der Waals surface area contributed by atoms with Crippen LogP contribution in [-0.4, -0.2) is 29.3 Å². The molecule has 0 unspecified atom stereocenters. The van der Waals surface area contributed by atoms with Gasteiger partial charge in [-0.05, 0) is 69.3 Å². The van der Waals surface area contributed by atoms with E-state index in [0.717, 1.165) is 53.9 Å². The topological polar surface area (TPSA) is 87.7 Å². The number of nitrogens with one attached hydrogen (secondary N) is 2. The predicted molar refractivity (Wildman–Crippen MR) is 107 cm³/mol. The molecule has 142 valence electrons. The van der Waals surface area contributed by atoms with Crippen LogP contribution < -0.4 is 11.1 Å². The highest BCUT2D eigenvalue weighted by Crippen LogP contribution is 2.36. The van der Waals surface area contributed by atoms with Crippen LogP contribution in [0.2, 0.25) is 0 Å². The molecule has 0 radical (unpaired) electrons. The summed E-state index contributed by atoms with van der Waals surface area (Å²) in [7, 11) is 1.94. The first-order valence-corrected chi connectivity index (χ1v) is 10.2. The van der Waals surface area contributed by atoms with Crippen LogP contribution in [0.25, 0.3) is 5.57 Å². The van der Waals surface area contributed by atoms with E-state index in [-0.39, 0.29) is 0 Å². The average molecular weight is 356 g/mol. The Balaban J connectivity index is 1.59. The van der Waals surface area contributed by atoms with Gasteiger partial charge in [-0.25, -0.2) is 9.97 Å². The van der Waals surface area contributed by atoms with Crippen molar-refractivity contribution in [2.24, 2.45) is 17.6 Å². The minimum atomic E-state index is 0.426. The fraction of sp³-hybridized carbons (Fsp3) is 0.667. The summed E-state index contributed by atoms with van der Waals surface area (Å²) in [4.78, 5) is 9.21. The normalized spacial score (nSPS) is 24.1. The molecule has 0 spiro atoms. The third-order valence-electron chi connectivity index (χ3n) is 5.85. The summed E-state index contributed by atoms with van der Waals surface area (Å²) in [5, 5.41) is 11.2. The number of allylic oxidation sites excluding steroid dienone is 2. The standard InChI is InChI=1S/C21H33N5/c1-24-20(13-16-5-6-16)18(14-22)19-11-12-25-21(26-19)4-2-3-15-7-9-17(23)10-8-15/h11-12,14-17,22,24H,2-10,13,23H2,1H3/b20-18+,22-14?/t15-,17-. The van der Waals surface area contributed by atoms with Gasteiger partial charge in [-0.15, -0.1) is 0 Å². The van der Waals surface area contributed by atoms with Gasteiger partial charge in [-0.1, -0.05) is 6.42 Å². The van der Waals surface area contributed by atoms with E-state index in [9.17, 15) is 0 Å². The summed E-state index contributed by atoms with van der Waals surface area (Å²) in [5.41, 5.74) is 8.91. The molecule has 0 aliphatic heterocycles. The van der Waals surface area contributed by atoms with E-state index in [0.29, 0.717) is 6.04 Å². The quantitative estimate of drug-likeness (QED) is 0.589.